The van der Waals surface area contributed by atoms with Crippen LogP contribution >= 0.6 is 0 Å². The Labute approximate surface area is 132 Å². The third-order valence-electron chi connectivity index (χ3n) is 3.38. The van der Waals surface area contributed by atoms with Crippen molar-refractivity contribution in [2.75, 3.05) is 10.6 Å². The van der Waals surface area contributed by atoms with Crippen LogP contribution in [-0.2, 0) is 0 Å². The molecule has 118 valence electrons. The first kappa shape index (κ1) is 14.8. The van der Waals surface area contributed by atoms with Crippen LogP contribution in [0.5, 0.6) is 0 Å². The molecular weight excluding hydrogens is 296 g/mol. The molecule has 0 saturated heterocycles. The number of H-pyrrole nitrogens is 1. The average Bonchev–Trinajstić information content (AvgIpc) is 3.33. The number of pyridine rings is 1. The molecule has 0 atom stereocenters. The van der Waals surface area contributed by atoms with Gasteiger partial charge in [-0.2, -0.15) is 0 Å². The maximum Gasteiger partial charge on any atom is 0.319 e. The van der Waals surface area contributed by atoms with E-state index in [0.29, 0.717) is 11.4 Å². The van der Waals surface area contributed by atoms with Gasteiger partial charge in [0.2, 0.25) is 0 Å². The summed E-state index contributed by atoms with van der Waals surface area (Å²) in [6, 6.07) is 9.75. The van der Waals surface area contributed by atoms with Crippen molar-refractivity contribution in [2.24, 2.45) is 0 Å². The summed E-state index contributed by atoms with van der Waals surface area (Å²) in [5, 5.41) is 8.17. The smallest absolute Gasteiger partial charge is 0.319 e. The monoisotopic (exact) mass is 312 g/mol. The van der Waals surface area contributed by atoms with Crippen molar-refractivity contribution in [1.29, 1.82) is 0 Å². The highest BCUT2D eigenvalue weighted by Crippen LogP contribution is 2.19. The summed E-state index contributed by atoms with van der Waals surface area (Å²) < 4.78 is 0. The number of rotatable bonds is 4. The van der Waals surface area contributed by atoms with Crippen molar-refractivity contribution in [3.63, 3.8) is 0 Å². The Bertz CT molecular complexity index is 778. The number of hydrogen-bond acceptors (Lipinski definition) is 3. The number of urea groups is 1. The topological polar surface area (TPSA) is 103 Å². The summed E-state index contributed by atoms with van der Waals surface area (Å²) in [7, 11) is 0. The predicted molar refractivity (Wildman–Crippen MR) is 86.6 cm³/mol. The van der Waals surface area contributed by atoms with E-state index in [9.17, 15) is 14.4 Å². The molecule has 1 aliphatic rings. The zero-order chi connectivity index (χ0) is 16.2. The average molecular weight is 312 g/mol. The first-order valence-electron chi connectivity index (χ1n) is 7.28. The number of benzene rings is 1. The number of nitrogens with one attached hydrogen (secondary N) is 4. The zero-order valence-electron chi connectivity index (χ0n) is 12.3. The SMILES string of the molecule is O=C(Nc1ccc(NC(=O)c2ccc[nH]c2=O)cc1)NC1CC1. The van der Waals surface area contributed by atoms with Gasteiger partial charge >= 0.3 is 6.03 Å². The Morgan fingerprint density at radius 3 is 2.26 bits per heavy atom. The van der Waals surface area contributed by atoms with E-state index in [0.717, 1.165) is 12.8 Å². The molecule has 4 N–H and O–H groups in total. The van der Waals surface area contributed by atoms with Gasteiger partial charge in [0.1, 0.15) is 5.56 Å². The third kappa shape index (κ3) is 3.97. The third-order valence-corrected chi connectivity index (χ3v) is 3.38. The van der Waals surface area contributed by atoms with Crippen LogP contribution in [0.3, 0.4) is 0 Å². The second-order valence-electron chi connectivity index (χ2n) is 5.32. The van der Waals surface area contributed by atoms with Crippen LogP contribution in [0.2, 0.25) is 0 Å². The number of aromatic amines is 1. The molecule has 23 heavy (non-hydrogen) atoms. The maximum atomic E-state index is 12.0. The molecule has 2 aromatic rings. The molecule has 3 rings (SSSR count). The van der Waals surface area contributed by atoms with E-state index in [-0.39, 0.29) is 17.6 Å². The molecule has 1 aromatic carbocycles. The summed E-state index contributed by atoms with van der Waals surface area (Å²) in [6.07, 6.45) is 3.51. The van der Waals surface area contributed by atoms with Crippen LogP contribution in [0.15, 0.2) is 47.4 Å². The van der Waals surface area contributed by atoms with E-state index in [2.05, 4.69) is 20.9 Å². The Morgan fingerprint density at radius 1 is 1.00 bits per heavy atom. The Kier molecular flexibility index (Phi) is 4.09. The van der Waals surface area contributed by atoms with E-state index in [1.165, 1.54) is 12.3 Å². The first-order chi connectivity index (χ1) is 11.1. The molecule has 7 heteroatoms. The fourth-order valence-electron chi connectivity index (χ4n) is 2.02. The largest absolute Gasteiger partial charge is 0.335 e. The first-order valence-corrected chi connectivity index (χ1v) is 7.28. The van der Waals surface area contributed by atoms with Crippen molar-refractivity contribution in [1.82, 2.24) is 10.3 Å². The maximum absolute atomic E-state index is 12.0. The van der Waals surface area contributed by atoms with E-state index >= 15 is 0 Å². The van der Waals surface area contributed by atoms with E-state index < -0.39 is 11.5 Å². The van der Waals surface area contributed by atoms with Crippen molar-refractivity contribution < 1.29 is 9.59 Å². The summed E-state index contributed by atoms with van der Waals surface area (Å²) in [4.78, 5) is 37.6. The van der Waals surface area contributed by atoms with Crippen molar-refractivity contribution in [3.05, 3.63) is 58.5 Å². The molecular formula is C16H16N4O3. The molecule has 1 heterocycles. The molecule has 0 spiro atoms. The number of carbonyl (C=O) groups excluding carboxylic acids is 2. The second kappa shape index (κ2) is 6.35. The molecule has 0 bridgehead atoms. The van der Waals surface area contributed by atoms with Gasteiger partial charge in [0.25, 0.3) is 11.5 Å². The lowest BCUT2D eigenvalue weighted by molar-refractivity contribution is 0.102. The normalized spacial score (nSPS) is 13.2. The molecule has 0 radical (unpaired) electrons. The van der Waals surface area contributed by atoms with Crippen LogP contribution in [0.4, 0.5) is 16.2 Å². The zero-order valence-corrected chi connectivity index (χ0v) is 12.3. The molecule has 1 fully saturated rings. The second-order valence-corrected chi connectivity index (χ2v) is 5.32. The quantitative estimate of drug-likeness (QED) is 0.693. The molecule has 1 aliphatic carbocycles. The van der Waals surface area contributed by atoms with Gasteiger partial charge in [-0.1, -0.05) is 0 Å². The van der Waals surface area contributed by atoms with Crippen LogP contribution in [0.25, 0.3) is 0 Å². The van der Waals surface area contributed by atoms with Gasteiger partial charge in [0.05, 0.1) is 0 Å². The van der Waals surface area contributed by atoms with Gasteiger partial charge < -0.3 is 20.9 Å². The summed E-state index contributed by atoms with van der Waals surface area (Å²) in [5.74, 6) is -0.487. The lowest BCUT2D eigenvalue weighted by Gasteiger charge is -2.08. The van der Waals surface area contributed by atoms with Crippen LogP contribution in [0.1, 0.15) is 23.2 Å². The van der Waals surface area contributed by atoms with Gasteiger partial charge in [-0.25, -0.2) is 4.79 Å². The lowest BCUT2D eigenvalue weighted by atomic mass is 10.2. The number of aromatic nitrogens is 1. The van der Waals surface area contributed by atoms with Gasteiger partial charge in [-0.15, -0.1) is 0 Å². The summed E-state index contributed by atoms with van der Waals surface area (Å²) >= 11 is 0. The Hall–Kier alpha value is -3.09. The molecule has 1 aromatic heterocycles. The number of anilines is 2. The summed E-state index contributed by atoms with van der Waals surface area (Å²) in [6.45, 7) is 0. The van der Waals surface area contributed by atoms with Crippen LogP contribution in [-0.4, -0.2) is 23.0 Å². The highest BCUT2D eigenvalue weighted by atomic mass is 16.2. The molecule has 7 nitrogen and oxygen atoms in total. The number of carbonyl (C=O) groups is 2. The summed E-state index contributed by atoms with van der Waals surface area (Å²) in [5.41, 5.74) is 0.753. The van der Waals surface area contributed by atoms with E-state index in [4.69, 9.17) is 0 Å². The van der Waals surface area contributed by atoms with Crippen LogP contribution < -0.4 is 21.5 Å². The molecule has 0 unspecified atom stereocenters. The van der Waals surface area contributed by atoms with Crippen LogP contribution in [0, 0.1) is 0 Å². The lowest BCUT2D eigenvalue weighted by Crippen LogP contribution is -2.30. The van der Waals surface area contributed by atoms with E-state index in [1.807, 2.05) is 0 Å². The van der Waals surface area contributed by atoms with Gasteiger partial charge in [0, 0.05) is 23.6 Å². The van der Waals surface area contributed by atoms with Crippen molar-refractivity contribution in [3.8, 4) is 0 Å². The highest BCUT2D eigenvalue weighted by Gasteiger charge is 2.23. The highest BCUT2D eigenvalue weighted by molar-refractivity contribution is 6.04. The van der Waals surface area contributed by atoms with Crippen molar-refractivity contribution >= 4 is 23.3 Å². The molecule has 3 amide bonds. The fourth-order valence-corrected chi connectivity index (χ4v) is 2.02. The minimum absolute atomic E-state index is 0.0403. The predicted octanol–water partition coefficient (Wildman–Crippen LogP) is 1.91. The van der Waals surface area contributed by atoms with Gasteiger partial charge in [0.15, 0.2) is 0 Å². The Balaban J connectivity index is 1.60. The number of amides is 3. The fraction of sp³-hybridized carbons (Fsp3) is 0.188. The van der Waals surface area contributed by atoms with Gasteiger partial charge in [-0.3, -0.25) is 9.59 Å². The minimum atomic E-state index is -0.487. The minimum Gasteiger partial charge on any atom is -0.335 e. The molecule has 1 saturated carbocycles. The standard InChI is InChI=1S/C16H16N4O3/c21-14-13(2-1-9-17-14)15(22)18-10-3-5-11(6-4-10)19-16(23)20-12-7-8-12/h1-6,9,12H,7-8H2,(H,17,21)(H,18,22)(H2,19,20,23). The van der Waals surface area contributed by atoms with Gasteiger partial charge in [-0.05, 0) is 49.2 Å². The van der Waals surface area contributed by atoms with E-state index in [1.54, 1.807) is 30.3 Å². The number of hydrogen-bond donors (Lipinski definition) is 4. The molecule has 0 aliphatic heterocycles. The van der Waals surface area contributed by atoms with Crippen molar-refractivity contribution in [2.45, 2.75) is 18.9 Å². The Morgan fingerprint density at radius 2 is 1.65 bits per heavy atom.